The Balaban J connectivity index is 2.67. The van der Waals surface area contributed by atoms with Gasteiger partial charge < -0.3 is 14.8 Å². The zero-order chi connectivity index (χ0) is 14.6. The van der Waals surface area contributed by atoms with E-state index in [1.165, 1.54) is 0 Å². The van der Waals surface area contributed by atoms with Crippen LogP contribution in [0.25, 0.3) is 0 Å². The van der Waals surface area contributed by atoms with E-state index in [0.717, 1.165) is 22.4 Å². The first-order chi connectivity index (χ1) is 8.73. The smallest absolute Gasteiger partial charge is 0.407 e. The molecule has 0 saturated heterocycles. The average molecular weight is 265 g/mol. The van der Waals surface area contributed by atoms with Crippen LogP contribution < -0.4 is 10.1 Å². The third-order valence-electron chi connectivity index (χ3n) is 2.56. The van der Waals surface area contributed by atoms with Crippen molar-refractivity contribution in [2.45, 2.75) is 46.8 Å². The molecule has 1 aromatic rings. The van der Waals surface area contributed by atoms with Crippen molar-refractivity contribution in [3.05, 3.63) is 28.8 Å². The second-order valence-corrected chi connectivity index (χ2v) is 5.62. The maximum absolute atomic E-state index is 11.6. The number of ether oxygens (including phenoxy) is 2. The molecule has 1 N–H and O–H groups in total. The molecular weight excluding hydrogens is 242 g/mol. The van der Waals surface area contributed by atoms with Crippen LogP contribution in [-0.4, -0.2) is 18.8 Å². The number of amides is 1. The van der Waals surface area contributed by atoms with Crippen molar-refractivity contribution in [3.8, 4) is 5.75 Å². The van der Waals surface area contributed by atoms with E-state index in [1.807, 2.05) is 46.8 Å². The molecule has 0 heterocycles. The van der Waals surface area contributed by atoms with Crippen LogP contribution in [0, 0.1) is 13.8 Å². The van der Waals surface area contributed by atoms with Crippen LogP contribution in [0.5, 0.6) is 5.75 Å². The summed E-state index contributed by atoms with van der Waals surface area (Å²) >= 11 is 0. The van der Waals surface area contributed by atoms with Gasteiger partial charge in [0.05, 0.1) is 7.11 Å². The number of aryl methyl sites for hydroxylation is 2. The monoisotopic (exact) mass is 265 g/mol. The van der Waals surface area contributed by atoms with Crippen molar-refractivity contribution in [3.63, 3.8) is 0 Å². The van der Waals surface area contributed by atoms with E-state index in [-0.39, 0.29) is 0 Å². The Bertz CT molecular complexity index is 438. The fourth-order valence-electron chi connectivity index (χ4n) is 1.95. The summed E-state index contributed by atoms with van der Waals surface area (Å²) in [5.74, 6) is 0.890. The number of methoxy groups -OCH3 is 1. The third-order valence-corrected chi connectivity index (χ3v) is 2.56. The molecule has 4 nitrogen and oxygen atoms in total. The molecule has 0 unspecified atom stereocenters. The summed E-state index contributed by atoms with van der Waals surface area (Å²) < 4.78 is 10.5. The molecule has 106 valence electrons. The molecule has 0 atom stereocenters. The van der Waals surface area contributed by atoms with Crippen LogP contribution >= 0.6 is 0 Å². The van der Waals surface area contributed by atoms with E-state index in [2.05, 4.69) is 5.32 Å². The molecule has 1 amide bonds. The van der Waals surface area contributed by atoms with Crippen molar-refractivity contribution in [1.29, 1.82) is 0 Å². The molecule has 0 spiro atoms. The molecule has 0 aromatic heterocycles. The third kappa shape index (κ3) is 4.81. The van der Waals surface area contributed by atoms with Gasteiger partial charge in [-0.05, 0) is 51.3 Å². The van der Waals surface area contributed by atoms with E-state index in [4.69, 9.17) is 9.47 Å². The van der Waals surface area contributed by atoms with Gasteiger partial charge in [0.15, 0.2) is 0 Å². The van der Waals surface area contributed by atoms with Gasteiger partial charge in [-0.1, -0.05) is 12.1 Å². The number of alkyl carbamates (subject to hydrolysis) is 1. The Hall–Kier alpha value is -1.71. The first-order valence-electron chi connectivity index (χ1n) is 6.34. The summed E-state index contributed by atoms with van der Waals surface area (Å²) in [5.41, 5.74) is 2.67. The van der Waals surface area contributed by atoms with Gasteiger partial charge in [-0.15, -0.1) is 0 Å². The Morgan fingerprint density at radius 2 is 1.74 bits per heavy atom. The number of rotatable bonds is 3. The number of hydrogen-bond acceptors (Lipinski definition) is 3. The fraction of sp³-hybridized carbons (Fsp3) is 0.533. The molecule has 0 aliphatic heterocycles. The summed E-state index contributed by atoms with van der Waals surface area (Å²) in [4.78, 5) is 11.6. The molecule has 0 radical (unpaired) electrons. The molecule has 1 rings (SSSR count). The first-order valence-corrected chi connectivity index (χ1v) is 6.34. The number of carbonyl (C=O) groups is 1. The second-order valence-electron chi connectivity index (χ2n) is 5.62. The molecule has 19 heavy (non-hydrogen) atoms. The van der Waals surface area contributed by atoms with Crippen molar-refractivity contribution in [1.82, 2.24) is 5.32 Å². The lowest BCUT2D eigenvalue weighted by Crippen LogP contribution is -2.32. The van der Waals surface area contributed by atoms with Crippen molar-refractivity contribution in [2.24, 2.45) is 0 Å². The van der Waals surface area contributed by atoms with Gasteiger partial charge in [0.2, 0.25) is 0 Å². The van der Waals surface area contributed by atoms with E-state index in [0.29, 0.717) is 6.54 Å². The van der Waals surface area contributed by atoms with Gasteiger partial charge in [0, 0.05) is 6.54 Å². The topological polar surface area (TPSA) is 47.6 Å². The Morgan fingerprint density at radius 1 is 1.21 bits per heavy atom. The molecule has 1 aromatic carbocycles. The maximum Gasteiger partial charge on any atom is 0.407 e. The van der Waals surface area contributed by atoms with E-state index >= 15 is 0 Å². The van der Waals surface area contributed by atoms with Gasteiger partial charge >= 0.3 is 6.09 Å². The SMILES string of the molecule is COc1c(C)cc(CNC(=O)OC(C)(C)C)cc1C. The summed E-state index contributed by atoms with van der Waals surface area (Å²) in [6, 6.07) is 4.01. The summed E-state index contributed by atoms with van der Waals surface area (Å²) in [6.45, 7) is 9.95. The number of carbonyl (C=O) groups excluding carboxylic acids is 1. The van der Waals surface area contributed by atoms with Crippen LogP contribution in [0.3, 0.4) is 0 Å². The van der Waals surface area contributed by atoms with Crippen LogP contribution in [-0.2, 0) is 11.3 Å². The normalized spacial score (nSPS) is 11.1. The Morgan fingerprint density at radius 3 is 2.16 bits per heavy atom. The predicted octanol–water partition coefficient (Wildman–Crippen LogP) is 3.34. The standard InChI is InChI=1S/C15H23NO3/c1-10-7-12(8-11(2)13(10)18-6)9-16-14(17)19-15(3,4)5/h7-8H,9H2,1-6H3,(H,16,17). The lowest BCUT2D eigenvalue weighted by atomic mass is 10.1. The molecular formula is C15H23NO3. The minimum atomic E-state index is -0.476. The lowest BCUT2D eigenvalue weighted by molar-refractivity contribution is 0.0523. The maximum atomic E-state index is 11.6. The van der Waals surface area contributed by atoms with Crippen LogP contribution in [0.1, 0.15) is 37.5 Å². The van der Waals surface area contributed by atoms with Crippen molar-refractivity contribution in [2.75, 3.05) is 7.11 Å². The van der Waals surface area contributed by atoms with Crippen LogP contribution in [0.15, 0.2) is 12.1 Å². The number of benzene rings is 1. The Kier molecular flexibility index (Phi) is 4.81. The molecule has 0 saturated carbocycles. The van der Waals surface area contributed by atoms with Gasteiger partial charge in [-0.3, -0.25) is 0 Å². The van der Waals surface area contributed by atoms with Crippen LogP contribution in [0.4, 0.5) is 4.79 Å². The molecule has 0 aliphatic carbocycles. The van der Waals surface area contributed by atoms with Crippen molar-refractivity contribution >= 4 is 6.09 Å². The molecule has 0 aliphatic rings. The number of nitrogens with one attached hydrogen (secondary N) is 1. The first kappa shape index (κ1) is 15.3. The summed E-state index contributed by atoms with van der Waals surface area (Å²) in [5, 5.41) is 2.75. The minimum Gasteiger partial charge on any atom is -0.496 e. The number of hydrogen-bond donors (Lipinski definition) is 1. The molecule has 0 fully saturated rings. The van der Waals surface area contributed by atoms with E-state index in [1.54, 1.807) is 7.11 Å². The van der Waals surface area contributed by atoms with E-state index < -0.39 is 11.7 Å². The Labute approximate surface area is 115 Å². The second kappa shape index (κ2) is 5.95. The largest absolute Gasteiger partial charge is 0.496 e. The predicted molar refractivity (Wildman–Crippen MR) is 75.5 cm³/mol. The summed E-state index contributed by atoms with van der Waals surface area (Å²) in [6.07, 6.45) is -0.404. The van der Waals surface area contributed by atoms with Gasteiger partial charge in [-0.2, -0.15) is 0 Å². The fourth-order valence-corrected chi connectivity index (χ4v) is 1.95. The zero-order valence-corrected chi connectivity index (χ0v) is 12.6. The minimum absolute atomic E-state index is 0.404. The van der Waals surface area contributed by atoms with Gasteiger partial charge in [-0.25, -0.2) is 4.79 Å². The highest BCUT2D eigenvalue weighted by Crippen LogP contribution is 2.24. The van der Waals surface area contributed by atoms with Crippen molar-refractivity contribution < 1.29 is 14.3 Å². The van der Waals surface area contributed by atoms with Gasteiger partial charge in [0.1, 0.15) is 11.4 Å². The molecule has 4 heteroatoms. The highest BCUT2D eigenvalue weighted by Gasteiger charge is 2.15. The quantitative estimate of drug-likeness (QED) is 0.911. The highest BCUT2D eigenvalue weighted by molar-refractivity contribution is 5.67. The zero-order valence-electron chi connectivity index (χ0n) is 12.6. The lowest BCUT2D eigenvalue weighted by Gasteiger charge is -2.20. The summed E-state index contributed by atoms with van der Waals surface area (Å²) in [7, 11) is 1.66. The average Bonchev–Trinajstić information content (AvgIpc) is 2.23. The van der Waals surface area contributed by atoms with E-state index in [9.17, 15) is 4.79 Å². The van der Waals surface area contributed by atoms with Gasteiger partial charge in [0.25, 0.3) is 0 Å². The van der Waals surface area contributed by atoms with Crippen LogP contribution in [0.2, 0.25) is 0 Å². The molecule has 0 bridgehead atoms. The highest BCUT2D eigenvalue weighted by atomic mass is 16.6.